The second kappa shape index (κ2) is 9.84. The Morgan fingerprint density at radius 1 is 0.969 bits per heavy atom. The number of ether oxygens (including phenoxy) is 1. The third-order valence-electron chi connectivity index (χ3n) is 4.98. The molecule has 4 rings (SSSR count). The van der Waals surface area contributed by atoms with E-state index >= 15 is 0 Å². The van der Waals surface area contributed by atoms with Crippen molar-refractivity contribution in [2.75, 3.05) is 12.0 Å². The van der Waals surface area contributed by atoms with Gasteiger partial charge in [-0.3, -0.25) is 9.69 Å². The van der Waals surface area contributed by atoms with Crippen molar-refractivity contribution >= 4 is 51.3 Å². The number of anilines is 2. The molecule has 1 heterocycles. The van der Waals surface area contributed by atoms with E-state index in [4.69, 9.17) is 32.9 Å². The number of halogens is 2. The fraction of sp³-hybridized carbons (Fsp3) is 0.120. The second-order valence-electron chi connectivity index (χ2n) is 7.04. The van der Waals surface area contributed by atoms with Crippen LogP contribution in [-0.4, -0.2) is 18.0 Å². The number of hydrogen-bond donors (Lipinski definition) is 0. The quantitative estimate of drug-likeness (QED) is 0.286. The number of carbonyl (C=O) groups excluding carboxylic acids is 1. The Balaban J connectivity index is 1.86. The average molecular weight is 483 g/mol. The first-order chi connectivity index (χ1) is 15.5. The number of benzene rings is 3. The number of carbonyl (C=O) groups is 1. The predicted molar refractivity (Wildman–Crippen MR) is 132 cm³/mol. The number of nitrogens with zero attached hydrogens (tertiary/aromatic N) is 2. The van der Waals surface area contributed by atoms with Crippen molar-refractivity contribution in [1.82, 2.24) is 4.98 Å². The first-order valence-electron chi connectivity index (χ1n) is 9.90. The van der Waals surface area contributed by atoms with Gasteiger partial charge in [-0.05, 0) is 24.6 Å². The lowest BCUT2D eigenvalue weighted by Gasteiger charge is -2.26. The number of aryl methyl sites for hydroxylation is 1. The molecular formula is C25H20Cl2N2O2S. The number of amides is 1. The molecule has 1 amide bonds. The van der Waals surface area contributed by atoms with Crippen LogP contribution in [0.3, 0.4) is 0 Å². The fourth-order valence-corrected chi connectivity index (χ4v) is 4.78. The van der Waals surface area contributed by atoms with Crippen LogP contribution in [0.5, 0.6) is 0 Å². The minimum Gasteiger partial charge on any atom is -0.367 e. The minimum atomic E-state index is -0.837. The molecule has 0 N–H and O–H groups in total. The standard InChI is InChI=1S/C25H20Cl2N2O2S/c1-16-22(17-10-5-3-6-11-17)28-25(32-16)29(20-15-9-14-19(26)21(20)27)24(30)23(31-2)18-12-7-4-8-13-18/h3-15,23H,1-2H3/t23-/m0/s1. The molecule has 0 radical (unpaired) electrons. The highest BCUT2D eigenvalue weighted by Crippen LogP contribution is 2.42. The van der Waals surface area contributed by atoms with Crippen LogP contribution in [0.25, 0.3) is 11.3 Å². The van der Waals surface area contributed by atoms with Crippen LogP contribution in [0.4, 0.5) is 10.8 Å². The molecule has 0 bridgehead atoms. The van der Waals surface area contributed by atoms with E-state index in [1.54, 1.807) is 18.2 Å². The van der Waals surface area contributed by atoms with Crippen molar-refractivity contribution in [3.05, 3.63) is 99.3 Å². The Morgan fingerprint density at radius 2 is 1.62 bits per heavy atom. The topological polar surface area (TPSA) is 42.4 Å². The van der Waals surface area contributed by atoms with E-state index < -0.39 is 6.10 Å². The Bertz CT molecular complexity index is 1230. The summed E-state index contributed by atoms with van der Waals surface area (Å²) in [6.07, 6.45) is -0.837. The molecule has 0 aliphatic rings. The van der Waals surface area contributed by atoms with Gasteiger partial charge in [-0.1, -0.05) is 89.9 Å². The van der Waals surface area contributed by atoms with Crippen LogP contribution in [-0.2, 0) is 9.53 Å². The summed E-state index contributed by atoms with van der Waals surface area (Å²) in [5.41, 5.74) is 2.98. The normalized spacial score (nSPS) is 11.9. The molecule has 1 atom stereocenters. The summed E-state index contributed by atoms with van der Waals surface area (Å²) in [6, 6.07) is 24.4. The molecule has 0 unspecified atom stereocenters. The van der Waals surface area contributed by atoms with Crippen molar-refractivity contribution < 1.29 is 9.53 Å². The van der Waals surface area contributed by atoms with Gasteiger partial charge < -0.3 is 4.74 Å². The van der Waals surface area contributed by atoms with Crippen LogP contribution in [0.2, 0.25) is 10.0 Å². The average Bonchev–Trinajstić information content (AvgIpc) is 3.19. The van der Waals surface area contributed by atoms with Crippen molar-refractivity contribution in [3.63, 3.8) is 0 Å². The number of aromatic nitrogens is 1. The Labute approximate surface area is 201 Å². The zero-order chi connectivity index (χ0) is 22.7. The molecule has 0 saturated carbocycles. The lowest BCUT2D eigenvalue weighted by atomic mass is 10.1. The van der Waals surface area contributed by atoms with Crippen LogP contribution >= 0.6 is 34.5 Å². The summed E-state index contributed by atoms with van der Waals surface area (Å²) in [6.45, 7) is 1.98. The highest BCUT2D eigenvalue weighted by molar-refractivity contribution is 7.16. The number of thiazole rings is 1. The summed E-state index contributed by atoms with van der Waals surface area (Å²) in [7, 11) is 1.51. The first-order valence-corrected chi connectivity index (χ1v) is 11.5. The van der Waals surface area contributed by atoms with Crippen LogP contribution in [0.1, 0.15) is 16.5 Å². The molecule has 4 aromatic rings. The monoisotopic (exact) mass is 482 g/mol. The predicted octanol–water partition coefficient (Wildman–Crippen LogP) is 7.48. The molecule has 32 heavy (non-hydrogen) atoms. The minimum absolute atomic E-state index is 0.277. The van der Waals surface area contributed by atoms with E-state index in [0.717, 1.165) is 21.7 Å². The largest absolute Gasteiger partial charge is 0.367 e. The lowest BCUT2D eigenvalue weighted by molar-refractivity contribution is -0.127. The van der Waals surface area contributed by atoms with Crippen molar-refractivity contribution in [2.24, 2.45) is 0 Å². The van der Waals surface area contributed by atoms with Crippen LogP contribution < -0.4 is 4.90 Å². The summed E-state index contributed by atoms with van der Waals surface area (Å²) >= 11 is 14.3. The Hall–Kier alpha value is -2.70. The van der Waals surface area contributed by atoms with E-state index in [2.05, 4.69) is 0 Å². The van der Waals surface area contributed by atoms with E-state index in [1.807, 2.05) is 67.6 Å². The molecule has 0 aliphatic carbocycles. The summed E-state index contributed by atoms with van der Waals surface area (Å²) in [4.78, 5) is 21.2. The van der Waals surface area contributed by atoms with Crippen molar-refractivity contribution in [2.45, 2.75) is 13.0 Å². The summed E-state index contributed by atoms with van der Waals surface area (Å²) < 4.78 is 5.62. The zero-order valence-corrected chi connectivity index (χ0v) is 19.8. The van der Waals surface area contributed by atoms with Gasteiger partial charge in [-0.15, -0.1) is 11.3 Å². The molecule has 7 heteroatoms. The molecule has 162 valence electrons. The third kappa shape index (κ3) is 4.43. The number of rotatable bonds is 6. The maximum Gasteiger partial charge on any atom is 0.267 e. The van der Waals surface area contributed by atoms with Gasteiger partial charge in [0.25, 0.3) is 5.91 Å². The van der Waals surface area contributed by atoms with E-state index in [9.17, 15) is 4.79 Å². The van der Waals surface area contributed by atoms with Gasteiger partial charge >= 0.3 is 0 Å². The zero-order valence-electron chi connectivity index (χ0n) is 17.5. The van der Waals surface area contributed by atoms with Gasteiger partial charge in [0.05, 0.1) is 21.4 Å². The first kappa shape index (κ1) is 22.5. The Morgan fingerprint density at radius 3 is 2.28 bits per heavy atom. The van der Waals surface area contributed by atoms with Crippen molar-refractivity contribution in [1.29, 1.82) is 0 Å². The van der Waals surface area contributed by atoms with Gasteiger partial charge in [0.1, 0.15) is 0 Å². The number of hydrogen-bond acceptors (Lipinski definition) is 4. The molecule has 0 saturated heterocycles. The molecular weight excluding hydrogens is 463 g/mol. The van der Waals surface area contributed by atoms with Gasteiger partial charge in [-0.2, -0.15) is 0 Å². The van der Waals surface area contributed by atoms with Gasteiger partial charge in [-0.25, -0.2) is 4.98 Å². The molecule has 3 aromatic carbocycles. The summed E-state index contributed by atoms with van der Waals surface area (Å²) in [5.74, 6) is -0.309. The van der Waals surface area contributed by atoms with Crippen LogP contribution in [0, 0.1) is 6.92 Å². The van der Waals surface area contributed by atoms with Crippen LogP contribution in [0.15, 0.2) is 78.9 Å². The fourth-order valence-electron chi connectivity index (χ4n) is 3.45. The molecule has 0 aliphatic heterocycles. The maximum atomic E-state index is 13.9. The second-order valence-corrected chi connectivity index (χ2v) is 9.01. The third-order valence-corrected chi connectivity index (χ3v) is 6.74. The van der Waals surface area contributed by atoms with E-state index in [1.165, 1.54) is 23.3 Å². The van der Waals surface area contributed by atoms with Gasteiger partial charge in [0, 0.05) is 17.6 Å². The summed E-state index contributed by atoms with van der Waals surface area (Å²) in [5, 5.41) is 1.13. The molecule has 1 aromatic heterocycles. The maximum absolute atomic E-state index is 13.9. The van der Waals surface area contributed by atoms with Gasteiger partial charge in [0.15, 0.2) is 11.2 Å². The van der Waals surface area contributed by atoms with E-state index in [-0.39, 0.29) is 10.9 Å². The van der Waals surface area contributed by atoms with E-state index in [0.29, 0.717) is 15.8 Å². The lowest BCUT2D eigenvalue weighted by Crippen LogP contribution is -2.32. The highest BCUT2D eigenvalue weighted by atomic mass is 35.5. The number of methoxy groups -OCH3 is 1. The molecule has 0 fully saturated rings. The molecule has 0 spiro atoms. The van der Waals surface area contributed by atoms with Gasteiger partial charge in [0.2, 0.25) is 0 Å². The SMILES string of the molecule is CO[C@H](C(=O)N(c1nc(-c2ccccc2)c(C)s1)c1cccc(Cl)c1Cl)c1ccccc1. The Kier molecular flexibility index (Phi) is 6.92. The highest BCUT2D eigenvalue weighted by Gasteiger charge is 2.32. The smallest absolute Gasteiger partial charge is 0.267 e. The molecule has 4 nitrogen and oxygen atoms in total. The van der Waals surface area contributed by atoms with Crippen molar-refractivity contribution in [3.8, 4) is 11.3 Å².